The number of aryl methyl sites for hydroxylation is 1. The van der Waals surface area contributed by atoms with Crippen LogP contribution in [0.5, 0.6) is 0 Å². The molecule has 1 aromatic carbocycles. The number of ether oxygens (including phenoxy) is 1. The average Bonchev–Trinajstić information content (AvgIpc) is 2.72. The molecule has 27 heavy (non-hydrogen) atoms. The van der Waals surface area contributed by atoms with Gasteiger partial charge in [-0.3, -0.25) is 4.98 Å². The summed E-state index contributed by atoms with van der Waals surface area (Å²) in [5.41, 5.74) is 3.79. The van der Waals surface area contributed by atoms with Crippen molar-refractivity contribution in [2.45, 2.75) is 45.3 Å². The van der Waals surface area contributed by atoms with Crippen LogP contribution in [0.3, 0.4) is 0 Å². The van der Waals surface area contributed by atoms with Crippen molar-refractivity contribution in [2.75, 3.05) is 19.7 Å². The molecule has 3 rings (SSSR count). The maximum absolute atomic E-state index is 6.17. The molecule has 2 N–H and O–H groups in total. The number of rotatable bonds is 8. The Balaban J connectivity index is 1.40. The summed E-state index contributed by atoms with van der Waals surface area (Å²) in [5, 5.41) is 6.66. The zero-order valence-electron chi connectivity index (χ0n) is 16.2. The highest BCUT2D eigenvalue weighted by Gasteiger charge is 2.19. The van der Waals surface area contributed by atoms with Crippen LogP contribution in [0.15, 0.2) is 53.7 Å². The first-order valence-electron chi connectivity index (χ1n) is 9.98. The van der Waals surface area contributed by atoms with E-state index in [-0.39, 0.29) is 6.10 Å². The highest BCUT2D eigenvalue weighted by Crippen LogP contribution is 2.32. The molecule has 5 heteroatoms. The van der Waals surface area contributed by atoms with Gasteiger partial charge in [-0.2, -0.15) is 0 Å². The predicted octanol–water partition coefficient (Wildman–Crippen LogP) is 3.62. The van der Waals surface area contributed by atoms with Gasteiger partial charge in [-0.15, -0.1) is 0 Å². The largest absolute Gasteiger partial charge is 0.373 e. The summed E-state index contributed by atoms with van der Waals surface area (Å²) >= 11 is 0. The molecule has 0 saturated carbocycles. The Morgan fingerprint density at radius 2 is 2.07 bits per heavy atom. The molecule has 0 aliphatic heterocycles. The molecule has 0 amide bonds. The van der Waals surface area contributed by atoms with Gasteiger partial charge in [-0.05, 0) is 55.9 Å². The molecule has 1 atom stereocenters. The lowest BCUT2D eigenvalue weighted by Crippen LogP contribution is -2.38. The van der Waals surface area contributed by atoms with Gasteiger partial charge in [-0.1, -0.05) is 30.3 Å². The summed E-state index contributed by atoms with van der Waals surface area (Å²) < 4.78 is 6.17. The van der Waals surface area contributed by atoms with Crippen molar-refractivity contribution in [1.29, 1.82) is 0 Å². The lowest BCUT2D eigenvalue weighted by molar-refractivity contribution is 0.0398. The highest BCUT2D eigenvalue weighted by molar-refractivity contribution is 5.79. The van der Waals surface area contributed by atoms with E-state index in [2.05, 4.69) is 51.8 Å². The van der Waals surface area contributed by atoms with Crippen molar-refractivity contribution >= 4 is 5.96 Å². The zero-order valence-corrected chi connectivity index (χ0v) is 16.2. The molecule has 0 fully saturated rings. The molecule has 1 aliphatic rings. The lowest BCUT2D eigenvalue weighted by Gasteiger charge is -2.25. The first kappa shape index (κ1) is 19.4. The fourth-order valence-electron chi connectivity index (χ4n) is 3.38. The predicted molar refractivity (Wildman–Crippen MR) is 110 cm³/mol. The van der Waals surface area contributed by atoms with Crippen LogP contribution in [0, 0.1) is 0 Å². The number of nitrogens with zero attached hydrogens (tertiary/aromatic N) is 2. The summed E-state index contributed by atoms with van der Waals surface area (Å²) in [7, 11) is 0. The number of fused-ring (bicyclic) bond motifs is 1. The third-order valence-corrected chi connectivity index (χ3v) is 4.72. The molecule has 1 aromatic heterocycles. The normalized spacial score (nSPS) is 16.6. The van der Waals surface area contributed by atoms with E-state index in [4.69, 9.17) is 4.74 Å². The Hall–Kier alpha value is -2.40. The standard InChI is InChI=1S/C22H30N4O/c1-2-23-22(26-17-19-11-5-6-14-24-19)25-15-8-16-27-21-13-7-10-18-9-3-4-12-20(18)21/h3-6,9,11-12,14,21H,2,7-8,10,13,15-17H2,1H3,(H2,23,25,26). The van der Waals surface area contributed by atoms with E-state index in [9.17, 15) is 0 Å². The van der Waals surface area contributed by atoms with Gasteiger partial charge in [0, 0.05) is 25.9 Å². The van der Waals surface area contributed by atoms with E-state index in [0.29, 0.717) is 6.54 Å². The second-order valence-corrected chi connectivity index (χ2v) is 6.75. The van der Waals surface area contributed by atoms with Crippen LogP contribution in [0.25, 0.3) is 0 Å². The molecule has 0 bridgehead atoms. The fourth-order valence-corrected chi connectivity index (χ4v) is 3.38. The van der Waals surface area contributed by atoms with E-state index in [0.717, 1.165) is 44.2 Å². The minimum absolute atomic E-state index is 0.251. The summed E-state index contributed by atoms with van der Waals surface area (Å²) in [6.45, 7) is 5.07. The molecule has 0 radical (unpaired) electrons. The van der Waals surface area contributed by atoms with Gasteiger partial charge in [0.15, 0.2) is 5.96 Å². The van der Waals surface area contributed by atoms with Crippen molar-refractivity contribution in [3.63, 3.8) is 0 Å². The molecule has 1 unspecified atom stereocenters. The van der Waals surface area contributed by atoms with E-state index in [1.807, 2.05) is 18.2 Å². The van der Waals surface area contributed by atoms with Gasteiger partial charge >= 0.3 is 0 Å². The SMILES string of the molecule is CCNC(=NCc1ccccn1)NCCCOC1CCCc2ccccc21. The Morgan fingerprint density at radius 3 is 2.93 bits per heavy atom. The maximum atomic E-state index is 6.17. The van der Waals surface area contributed by atoms with Gasteiger partial charge in [0.2, 0.25) is 0 Å². The van der Waals surface area contributed by atoms with Gasteiger partial charge in [-0.25, -0.2) is 4.99 Å². The van der Waals surface area contributed by atoms with Crippen LogP contribution >= 0.6 is 0 Å². The molecular formula is C22H30N4O. The molecule has 144 valence electrons. The van der Waals surface area contributed by atoms with Crippen molar-refractivity contribution in [3.05, 3.63) is 65.5 Å². The van der Waals surface area contributed by atoms with E-state index < -0.39 is 0 Å². The summed E-state index contributed by atoms with van der Waals surface area (Å²) in [5.74, 6) is 0.825. The molecule has 5 nitrogen and oxygen atoms in total. The second-order valence-electron chi connectivity index (χ2n) is 6.75. The van der Waals surface area contributed by atoms with Gasteiger partial charge in [0.25, 0.3) is 0 Å². The lowest BCUT2D eigenvalue weighted by atomic mass is 9.89. The topological polar surface area (TPSA) is 58.5 Å². The number of hydrogen-bond donors (Lipinski definition) is 2. The third-order valence-electron chi connectivity index (χ3n) is 4.72. The minimum atomic E-state index is 0.251. The number of nitrogens with one attached hydrogen (secondary N) is 2. The van der Waals surface area contributed by atoms with Gasteiger partial charge < -0.3 is 15.4 Å². The molecule has 1 aliphatic carbocycles. The van der Waals surface area contributed by atoms with Crippen LogP contribution in [-0.2, 0) is 17.7 Å². The first-order valence-corrected chi connectivity index (χ1v) is 9.98. The van der Waals surface area contributed by atoms with Crippen LogP contribution in [-0.4, -0.2) is 30.6 Å². The molecule has 1 heterocycles. The minimum Gasteiger partial charge on any atom is -0.373 e. The number of hydrogen-bond acceptors (Lipinski definition) is 3. The average molecular weight is 367 g/mol. The van der Waals surface area contributed by atoms with Crippen molar-refractivity contribution in [2.24, 2.45) is 4.99 Å². The molecule has 0 saturated heterocycles. The van der Waals surface area contributed by atoms with Crippen LogP contribution in [0.1, 0.15) is 49.1 Å². The second kappa shape index (κ2) is 10.7. The van der Waals surface area contributed by atoms with E-state index >= 15 is 0 Å². The number of benzene rings is 1. The molecular weight excluding hydrogens is 336 g/mol. The molecule has 0 spiro atoms. The summed E-state index contributed by atoms with van der Waals surface area (Å²) in [4.78, 5) is 8.90. The summed E-state index contributed by atoms with van der Waals surface area (Å²) in [6, 6.07) is 14.6. The van der Waals surface area contributed by atoms with Crippen molar-refractivity contribution in [1.82, 2.24) is 15.6 Å². The Morgan fingerprint density at radius 1 is 1.19 bits per heavy atom. The van der Waals surface area contributed by atoms with Gasteiger partial charge in [0.1, 0.15) is 0 Å². The Labute approximate surface area is 162 Å². The first-order chi connectivity index (χ1) is 13.4. The number of aliphatic imine (C=N–C) groups is 1. The van der Waals surface area contributed by atoms with Crippen molar-refractivity contribution in [3.8, 4) is 0 Å². The smallest absolute Gasteiger partial charge is 0.191 e. The van der Waals surface area contributed by atoms with Crippen LogP contribution < -0.4 is 10.6 Å². The van der Waals surface area contributed by atoms with Crippen molar-refractivity contribution < 1.29 is 4.74 Å². The number of pyridine rings is 1. The third kappa shape index (κ3) is 6.07. The van der Waals surface area contributed by atoms with Crippen LogP contribution in [0.4, 0.5) is 0 Å². The van der Waals surface area contributed by atoms with Gasteiger partial charge in [0.05, 0.1) is 18.3 Å². The fraction of sp³-hybridized carbons (Fsp3) is 0.455. The summed E-state index contributed by atoms with van der Waals surface area (Å²) in [6.07, 6.45) is 6.51. The number of aromatic nitrogens is 1. The highest BCUT2D eigenvalue weighted by atomic mass is 16.5. The van der Waals surface area contributed by atoms with E-state index in [1.54, 1.807) is 6.20 Å². The zero-order chi connectivity index (χ0) is 18.7. The Kier molecular flexibility index (Phi) is 7.66. The molecule has 2 aromatic rings. The monoisotopic (exact) mass is 366 g/mol. The Bertz CT molecular complexity index is 717. The quantitative estimate of drug-likeness (QED) is 0.426. The van der Waals surface area contributed by atoms with Crippen LogP contribution in [0.2, 0.25) is 0 Å². The van der Waals surface area contributed by atoms with E-state index in [1.165, 1.54) is 24.0 Å². The number of guanidine groups is 1. The maximum Gasteiger partial charge on any atom is 0.191 e.